The molecule has 0 N–H and O–H groups in total. The minimum atomic E-state index is -0.495. The number of ether oxygens (including phenoxy) is 3. The average molecular weight is 433 g/mol. The van der Waals surface area contributed by atoms with E-state index in [0.29, 0.717) is 52.3 Å². The zero-order chi connectivity index (χ0) is 23.0. The molecule has 7 nitrogen and oxygen atoms in total. The Labute approximate surface area is 185 Å². The van der Waals surface area contributed by atoms with E-state index in [1.54, 1.807) is 19.1 Å². The molecule has 0 aliphatic carbocycles. The van der Waals surface area contributed by atoms with Crippen molar-refractivity contribution in [3.8, 4) is 11.5 Å². The third-order valence-corrected chi connectivity index (χ3v) is 5.39. The van der Waals surface area contributed by atoms with Crippen molar-refractivity contribution in [1.29, 1.82) is 0 Å². The minimum Gasteiger partial charge on any atom is -0.492 e. The lowest BCUT2D eigenvalue weighted by Crippen LogP contribution is -2.30. The number of nitrogens with zero attached hydrogens (tertiary/aromatic N) is 1. The highest BCUT2D eigenvalue weighted by molar-refractivity contribution is 6.38. The zero-order valence-corrected chi connectivity index (χ0v) is 18.4. The Morgan fingerprint density at radius 3 is 1.84 bits per heavy atom. The van der Waals surface area contributed by atoms with Crippen molar-refractivity contribution in [2.75, 3.05) is 25.2 Å². The summed E-state index contributed by atoms with van der Waals surface area (Å²) in [5.41, 5.74) is 1.69. The van der Waals surface area contributed by atoms with Gasteiger partial charge in [0.25, 0.3) is 11.8 Å². The lowest BCUT2D eigenvalue weighted by Gasteiger charge is -2.17. The Kier molecular flexibility index (Phi) is 5.57. The van der Waals surface area contributed by atoms with Crippen LogP contribution in [-0.2, 0) is 4.74 Å². The van der Waals surface area contributed by atoms with Crippen LogP contribution in [0.15, 0.2) is 42.5 Å². The smallest absolute Gasteiger partial charge is 0.337 e. The number of aryl methyl sites for hydroxylation is 1. The molecule has 4 rings (SSSR count). The molecule has 3 aromatic rings. The van der Waals surface area contributed by atoms with Gasteiger partial charge in [-0.15, -0.1) is 0 Å². The highest BCUT2D eigenvalue weighted by Gasteiger charge is 2.44. The number of anilines is 1. The first kappa shape index (κ1) is 21.4. The van der Waals surface area contributed by atoms with Gasteiger partial charge in [-0.1, -0.05) is 24.3 Å². The lowest BCUT2D eigenvalue weighted by atomic mass is 9.99. The molecule has 1 aliphatic rings. The maximum Gasteiger partial charge on any atom is 0.337 e. The van der Waals surface area contributed by atoms with Gasteiger partial charge in [0, 0.05) is 10.8 Å². The van der Waals surface area contributed by atoms with E-state index in [0.717, 1.165) is 4.90 Å². The van der Waals surface area contributed by atoms with E-state index >= 15 is 0 Å². The summed E-state index contributed by atoms with van der Waals surface area (Å²) in [4.78, 5) is 40.2. The fourth-order valence-electron chi connectivity index (χ4n) is 4.06. The van der Waals surface area contributed by atoms with Gasteiger partial charge in [0.05, 0.1) is 42.7 Å². The van der Waals surface area contributed by atoms with Gasteiger partial charge in [0.15, 0.2) is 0 Å². The summed E-state index contributed by atoms with van der Waals surface area (Å²) in [5.74, 6) is -0.744. The molecule has 3 aromatic carbocycles. The number of hydrogen-bond acceptors (Lipinski definition) is 6. The van der Waals surface area contributed by atoms with Crippen molar-refractivity contribution in [3.63, 3.8) is 0 Å². The molecule has 7 heteroatoms. The summed E-state index contributed by atoms with van der Waals surface area (Å²) in [5, 5.41) is 1.41. The van der Waals surface area contributed by atoms with E-state index in [1.807, 2.05) is 38.1 Å². The molecule has 0 saturated heterocycles. The van der Waals surface area contributed by atoms with Crippen LogP contribution in [0.1, 0.15) is 50.5 Å². The van der Waals surface area contributed by atoms with Gasteiger partial charge in [-0.25, -0.2) is 9.69 Å². The average Bonchev–Trinajstić information content (AvgIpc) is 3.05. The molecule has 0 bridgehead atoms. The van der Waals surface area contributed by atoms with Crippen LogP contribution in [0.2, 0.25) is 0 Å². The molecule has 0 radical (unpaired) electrons. The Balaban J connectivity index is 1.96. The Morgan fingerprint density at radius 1 is 0.875 bits per heavy atom. The molecule has 0 atom stereocenters. The van der Waals surface area contributed by atoms with Crippen molar-refractivity contribution in [1.82, 2.24) is 0 Å². The molecule has 0 aromatic heterocycles. The first-order valence-electron chi connectivity index (χ1n) is 10.4. The molecule has 2 amide bonds. The van der Waals surface area contributed by atoms with Gasteiger partial charge in [-0.2, -0.15) is 0 Å². The topological polar surface area (TPSA) is 82.1 Å². The number of carbonyl (C=O) groups is 3. The molecule has 32 heavy (non-hydrogen) atoms. The maximum absolute atomic E-state index is 13.6. The SMILES string of the molecule is CCOc1c2c(c(OCC)c3ccccc13)C(=O)N(c1ccc(C(=O)OC)cc1C)C2=O. The van der Waals surface area contributed by atoms with Crippen molar-refractivity contribution in [2.45, 2.75) is 20.8 Å². The van der Waals surface area contributed by atoms with Crippen LogP contribution in [0.4, 0.5) is 5.69 Å². The zero-order valence-electron chi connectivity index (χ0n) is 18.4. The molecule has 1 heterocycles. The monoisotopic (exact) mass is 433 g/mol. The molecular formula is C25H23NO6. The number of amides is 2. The van der Waals surface area contributed by atoms with Crippen LogP contribution in [0.25, 0.3) is 10.8 Å². The van der Waals surface area contributed by atoms with Crippen molar-refractivity contribution in [2.24, 2.45) is 0 Å². The summed E-state index contributed by atoms with van der Waals surface area (Å²) in [6, 6.07) is 12.1. The maximum atomic E-state index is 13.6. The summed E-state index contributed by atoms with van der Waals surface area (Å²) >= 11 is 0. The number of rotatable bonds is 6. The van der Waals surface area contributed by atoms with Crippen LogP contribution in [-0.4, -0.2) is 38.1 Å². The van der Waals surface area contributed by atoms with Crippen LogP contribution >= 0.6 is 0 Å². The predicted octanol–water partition coefficient (Wildman–Crippen LogP) is 4.53. The van der Waals surface area contributed by atoms with E-state index in [2.05, 4.69) is 0 Å². The number of benzene rings is 3. The van der Waals surface area contributed by atoms with E-state index in [4.69, 9.17) is 14.2 Å². The number of esters is 1. The van der Waals surface area contributed by atoms with E-state index < -0.39 is 17.8 Å². The molecule has 1 aliphatic heterocycles. The Hall–Kier alpha value is -3.87. The van der Waals surface area contributed by atoms with Gasteiger partial charge in [0.2, 0.25) is 0 Å². The molecule has 0 unspecified atom stereocenters. The highest BCUT2D eigenvalue weighted by Crippen LogP contribution is 2.46. The number of hydrogen-bond donors (Lipinski definition) is 0. The molecular weight excluding hydrogens is 410 g/mol. The van der Waals surface area contributed by atoms with E-state index in [9.17, 15) is 14.4 Å². The second-order valence-electron chi connectivity index (χ2n) is 7.26. The van der Waals surface area contributed by atoms with Gasteiger partial charge in [0.1, 0.15) is 11.5 Å². The number of imide groups is 1. The van der Waals surface area contributed by atoms with Gasteiger partial charge in [-0.05, 0) is 44.5 Å². The minimum absolute atomic E-state index is 0.190. The van der Waals surface area contributed by atoms with Crippen molar-refractivity contribution in [3.05, 3.63) is 64.7 Å². The van der Waals surface area contributed by atoms with Gasteiger partial charge < -0.3 is 14.2 Å². The van der Waals surface area contributed by atoms with E-state index in [1.165, 1.54) is 13.2 Å². The highest BCUT2D eigenvalue weighted by atomic mass is 16.5. The third kappa shape index (κ3) is 3.17. The quantitative estimate of drug-likeness (QED) is 0.420. The second-order valence-corrected chi connectivity index (χ2v) is 7.26. The summed E-state index contributed by atoms with van der Waals surface area (Å²) in [7, 11) is 1.30. The molecule has 0 saturated carbocycles. The van der Waals surface area contributed by atoms with Crippen LogP contribution in [0.5, 0.6) is 11.5 Å². The van der Waals surface area contributed by atoms with Gasteiger partial charge >= 0.3 is 5.97 Å². The van der Waals surface area contributed by atoms with Gasteiger partial charge in [-0.3, -0.25) is 9.59 Å². The van der Waals surface area contributed by atoms with E-state index in [-0.39, 0.29) is 11.1 Å². The molecule has 0 fully saturated rings. The largest absolute Gasteiger partial charge is 0.492 e. The predicted molar refractivity (Wildman–Crippen MR) is 120 cm³/mol. The first-order valence-corrected chi connectivity index (χ1v) is 10.4. The first-order chi connectivity index (χ1) is 15.4. The number of fused-ring (bicyclic) bond motifs is 2. The summed E-state index contributed by atoms with van der Waals surface area (Å²) in [6.45, 7) is 6.05. The summed E-state index contributed by atoms with van der Waals surface area (Å²) < 4.78 is 16.5. The standard InChI is InChI=1S/C25H23NO6/c1-5-31-21-16-9-7-8-10-17(16)22(32-6-2)20-19(21)23(27)26(24(20)28)18-12-11-15(13-14(18)3)25(29)30-4/h7-13H,5-6H2,1-4H3. The second kappa shape index (κ2) is 8.34. The van der Waals surface area contributed by atoms with Crippen LogP contribution in [0.3, 0.4) is 0 Å². The lowest BCUT2D eigenvalue weighted by molar-refractivity contribution is 0.0600. The van der Waals surface area contributed by atoms with Crippen LogP contribution < -0.4 is 14.4 Å². The summed E-state index contributed by atoms with van der Waals surface area (Å²) in [6.07, 6.45) is 0. The fourth-order valence-corrected chi connectivity index (χ4v) is 4.06. The number of carbonyl (C=O) groups excluding carboxylic acids is 3. The van der Waals surface area contributed by atoms with Crippen LogP contribution in [0, 0.1) is 6.92 Å². The fraction of sp³-hybridized carbons (Fsp3) is 0.240. The Bertz CT molecular complexity index is 1200. The molecule has 164 valence electrons. The van der Waals surface area contributed by atoms with Crippen molar-refractivity contribution >= 4 is 34.2 Å². The normalized spacial score (nSPS) is 12.8. The van der Waals surface area contributed by atoms with Crippen molar-refractivity contribution < 1.29 is 28.6 Å². The number of methoxy groups -OCH3 is 1. The Morgan fingerprint density at radius 2 is 1.41 bits per heavy atom. The third-order valence-electron chi connectivity index (χ3n) is 5.39. The molecule has 0 spiro atoms.